The molecule has 1 saturated carbocycles. The van der Waals surface area contributed by atoms with Crippen molar-refractivity contribution in [1.29, 1.82) is 0 Å². The molecule has 1 aliphatic rings. The molecule has 2 N–H and O–H groups in total. The van der Waals surface area contributed by atoms with Crippen LogP contribution in [0.15, 0.2) is 57.4 Å². The first-order chi connectivity index (χ1) is 18.5. The number of hydrogen-bond acceptors (Lipinski definition) is 5. The van der Waals surface area contributed by atoms with Crippen molar-refractivity contribution in [3.05, 3.63) is 86.9 Å². The van der Waals surface area contributed by atoms with Crippen LogP contribution in [-0.2, 0) is 23.2 Å². The first kappa shape index (κ1) is 27.3. The molecule has 0 aliphatic heterocycles. The molecule has 7 nitrogen and oxygen atoms in total. The highest BCUT2D eigenvalue weighted by Gasteiger charge is 2.33. The third-order valence-electron chi connectivity index (χ3n) is 6.74. The Bertz CT molecular complexity index is 1700. The number of anilines is 1. The predicted octanol–water partition coefficient (Wildman–Crippen LogP) is 5.84. The molecule has 0 bridgehead atoms. The number of aliphatic hydroxyl groups is 1. The zero-order chi connectivity index (χ0) is 28.1. The Morgan fingerprint density at radius 1 is 1.15 bits per heavy atom. The van der Waals surface area contributed by atoms with E-state index < -0.39 is 34.2 Å². The highest BCUT2D eigenvalue weighted by atomic mass is 79.9. The van der Waals surface area contributed by atoms with Crippen molar-refractivity contribution >= 4 is 48.5 Å². The van der Waals surface area contributed by atoms with E-state index in [1.54, 1.807) is 18.2 Å². The Morgan fingerprint density at radius 2 is 1.85 bits per heavy atom. The number of hydrogen-bond donors (Lipinski definition) is 2. The number of carbonyl (C=O) groups is 1. The fourth-order valence-electron chi connectivity index (χ4n) is 4.70. The molecule has 1 aromatic heterocycles. The lowest BCUT2D eigenvalue weighted by atomic mass is 10.00. The van der Waals surface area contributed by atoms with Gasteiger partial charge in [0.25, 0.3) is 5.91 Å². The summed E-state index contributed by atoms with van der Waals surface area (Å²) in [5, 5.41) is 12.8. The summed E-state index contributed by atoms with van der Waals surface area (Å²) in [5.74, 6) is -1.15. The van der Waals surface area contributed by atoms with E-state index in [2.05, 4.69) is 21.2 Å². The minimum absolute atomic E-state index is 0.0741. The van der Waals surface area contributed by atoms with Crippen molar-refractivity contribution in [1.82, 2.24) is 5.32 Å². The Labute approximate surface area is 232 Å². The molecule has 4 aromatic rings. The maximum absolute atomic E-state index is 14.5. The fraction of sp³-hybridized carbons (Fsp3) is 0.250. The lowest BCUT2D eigenvalue weighted by Gasteiger charge is -2.26. The quantitative estimate of drug-likeness (QED) is 0.259. The number of amides is 1. The summed E-state index contributed by atoms with van der Waals surface area (Å²) in [6, 6.07) is 11.7. The average Bonchev–Trinajstić information content (AvgIpc) is 3.68. The fourth-order valence-corrected chi connectivity index (χ4v) is 5.96. The van der Waals surface area contributed by atoms with E-state index in [1.807, 2.05) is 0 Å². The van der Waals surface area contributed by atoms with Gasteiger partial charge in [-0.1, -0.05) is 6.07 Å². The number of sulfonamides is 1. The summed E-state index contributed by atoms with van der Waals surface area (Å²) >= 11 is 3.11. The molecule has 5 rings (SSSR count). The van der Waals surface area contributed by atoms with Gasteiger partial charge in [0.15, 0.2) is 0 Å². The number of nitrogens with zero attached hydrogens (tertiary/aromatic N) is 1. The zero-order valence-electron chi connectivity index (χ0n) is 21.1. The largest absolute Gasteiger partial charge is 0.455 e. The number of carbonyl (C=O) groups excluding carboxylic acids is 1. The second kappa shape index (κ2) is 10.4. The van der Waals surface area contributed by atoms with Gasteiger partial charge in [0.2, 0.25) is 10.0 Å². The average molecular weight is 619 g/mol. The molecule has 1 amide bonds. The number of fused-ring (bicyclic) bond motifs is 1. The van der Waals surface area contributed by atoms with Gasteiger partial charge in [-0.2, -0.15) is 0 Å². The van der Waals surface area contributed by atoms with Crippen LogP contribution in [0.3, 0.4) is 0 Å². The molecule has 11 heteroatoms. The van der Waals surface area contributed by atoms with Crippen LogP contribution in [0.4, 0.5) is 14.5 Å². The third kappa shape index (κ3) is 5.30. The third-order valence-corrected chi connectivity index (χ3v) is 8.76. The van der Waals surface area contributed by atoms with Gasteiger partial charge < -0.3 is 14.8 Å². The van der Waals surface area contributed by atoms with Crippen LogP contribution in [-0.4, -0.2) is 32.7 Å². The normalized spacial score (nSPS) is 13.6. The van der Waals surface area contributed by atoms with Crippen LogP contribution in [0.1, 0.15) is 45.8 Å². The van der Waals surface area contributed by atoms with Crippen LogP contribution < -0.4 is 9.62 Å². The highest BCUT2D eigenvalue weighted by Crippen LogP contribution is 2.48. The maximum Gasteiger partial charge on any atom is 0.255 e. The van der Waals surface area contributed by atoms with Gasteiger partial charge in [-0.05, 0) is 87.8 Å². The molecule has 0 radical (unpaired) electrons. The van der Waals surface area contributed by atoms with Crippen LogP contribution >= 0.6 is 15.9 Å². The molecule has 0 unspecified atom stereocenters. The molecule has 3 aromatic carbocycles. The number of aliphatic hydroxyl groups excluding tert-OH is 1. The number of benzene rings is 3. The SMILES string of the molecule is CNC(=O)c1c(-c2ccc(F)cc2)oc2cc(N(Cc3cc(F)c(Br)c(CO)c3)S(C)(=O)=O)c(C3CC3)cc12. The van der Waals surface area contributed by atoms with E-state index >= 15 is 0 Å². The molecule has 1 fully saturated rings. The molecule has 39 heavy (non-hydrogen) atoms. The summed E-state index contributed by atoms with van der Waals surface area (Å²) in [7, 11) is -2.37. The Kier molecular flexibility index (Phi) is 7.25. The van der Waals surface area contributed by atoms with Crippen molar-refractivity contribution < 1.29 is 31.5 Å². The highest BCUT2D eigenvalue weighted by molar-refractivity contribution is 9.10. The van der Waals surface area contributed by atoms with Crippen molar-refractivity contribution in [2.24, 2.45) is 0 Å². The Hall–Kier alpha value is -3.28. The second-order valence-electron chi connectivity index (χ2n) is 9.55. The monoisotopic (exact) mass is 618 g/mol. The summed E-state index contributed by atoms with van der Waals surface area (Å²) in [6.07, 6.45) is 2.75. The minimum Gasteiger partial charge on any atom is -0.455 e. The first-order valence-corrected chi connectivity index (χ1v) is 14.8. The predicted molar refractivity (Wildman–Crippen MR) is 148 cm³/mol. The van der Waals surface area contributed by atoms with Gasteiger partial charge in [-0.25, -0.2) is 17.2 Å². The second-order valence-corrected chi connectivity index (χ2v) is 12.3. The van der Waals surface area contributed by atoms with Gasteiger partial charge in [0, 0.05) is 24.1 Å². The van der Waals surface area contributed by atoms with E-state index in [9.17, 15) is 27.1 Å². The van der Waals surface area contributed by atoms with Crippen LogP contribution in [0.2, 0.25) is 0 Å². The van der Waals surface area contributed by atoms with Gasteiger partial charge in [-0.3, -0.25) is 9.10 Å². The van der Waals surface area contributed by atoms with Gasteiger partial charge in [0.05, 0.1) is 35.1 Å². The molecule has 204 valence electrons. The Balaban J connectivity index is 1.72. The standard InChI is InChI=1S/C28H25BrF2N2O5S/c1-32-28(35)25-21-11-20(16-3-4-16)23(12-24(21)38-27(25)17-5-7-19(30)8-6-17)33(39(2,36)37)13-15-9-18(14-34)26(29)22(31)10-15/h5-12,16,34H,3-4,13-14H2,1-2H3,(H,32,35). The molecular formula is C28H25BrF2N2O5S. The molecule has 1 aliphatic carbocycles. The minimum atomic E-state index is -3.86. The van der Waals surface area contributed by atoms with Crippen molar-refractivity contribution in [3.8, 4) is 11.3 Å². The van der Waals surface area contributed by atoms with Crippen molar-refractivity contribution in [3.63, 3.8) is 0 Å². The van der Waals surface area contributed by atoms with E-state index in [4.69, 9.17) is 4.42 Å². The number of furan rings is 1. The molecule has 0 atom stereocenters. The van der Waals surface area contributed by atoms with Crippen molar-refractivity contribution in [2.75, 3.05) is 17.6 Å². The van der Waals surface area contributed by atoms with Gasteiger partial charge in [0.1, 0.15) is 23.0 Å². The van der Waals surface area contributed by atoms with Crippen LogP contribution in [0.5, 0.6) is 0 Å². The van der Waals surface area contributed by atoms with E-state index in [-0.39, 0.29) is 33.8 Å². The molecule has 0 spiro atoms. The van der Waals surface area contributed by atoms with E-state index in [0.717, 1.165) is 24.7 Å². The first-order valence-electron chi connectivity index (χ1n) is 12.2. The van der Waals surface area contributed by atoms with Crippen molar-refractivity contribution in [2.45, 2.75) is 31.9 Å². The smallest absolute Gasteiger partial charge is 0.255 e. The van der Waals surface area contributed by atoms with Crippen LogP contribution in [0, 0.1) is 11.6 Å². The lowest BCUT2D eigenvalue weighted by Crippen LogP contribution is -2.30. The topological polar surface area (TPSA) is 99.8 Å². The summed E-state index contributed by atoms with van der Waals surface area (Å²) in [5.41, 5.74) is 2.77. The molecule has 0 saturated heterocycles. The summed E-state index contributed by atoms with van der Waals surface area (Å²) in [6.45, 7) is -0.612. The van der Waals surface area contributed by atoms with E-state index in [1.165, 1.54) is 41.7 Å². The molecule has 1 heterocycles. The lowest BCUT2D eigenvalue weighted by molar-refractivity contribution is 0.0964. The summed E-state index contributed by atoms with van der Waals surface area (Å²) in [4.78, 5) is 13.0. The number of nitrogens with one attached hydrogen (secondary N) is 1. The van der Waals surface area contributed by atoms with Gasteiger partial charge in [-0.15, -0.1) is 0 Å². The Morgan fingerprint density at radius 3 is 2.44 bits per heavy atom. The zero-order valence-corrected chi connectivity index (χ0v) is 23.5. The van der Waals surface area contributed by atoms with Gasteiger partial charge >= 0.3 is 0 Å². The van der Waals surface area contributed by atoms with E-state index in [0.29, 0.717) is 27.8 Å². The summed E-state index contributed by atoms with van der Waals surface area (Å²) < 4.78 is 61.8. The number of rotatable bonds is 8. The molecular weight excluding hydrogens is 594 g/mol. The van der Waals surface area contributed by atoms with Crippen LogP contribution in [0.25, 0.3) is 22.3 Å². The number of halogens is 3. The maximum atomic E-state index is 14.5.